The number of aromatic nitrogens is 3. The number of H-pyrrole nitrogens is 1. The van der Waals surface area contributed by atoms with E-state index in [4.69, 9.17) is 0 Å². The number of hydrogen-bond donors (Lipinski definition) is 1. The lowest BCUT2D eigenvalue weighted by Gasteiger charge is -2.21. The number of rotatable bonds is 2. The molecule has 3 aromatic heterocycles. The molecule has 0 spiro atoms. The largest absolute Gasteiger partial charge is 0.353 e. The molecule has 0 unspecified atom stereocenters. The van der Waals surface area contributed by atoms with Gasteiger partial charge in [0.15, 0.2) is 0 Å². The molecule has 0 radical (unpaired) electrons. The third-order valence-corrected chi connectivity index (χ3v) is 8.16. The summed E-state index contributed by atoms with van der Waals surface area (Å²) in [6.07, 6.45) is 1.85. The fraction of sp³-hybridized carbons (Fsp3) is 0.0882. The SMILES string of the molecule is CC1(C)c2ccccc2-c2c1c1ccc3c4cc(-c5ccccn5)ccc4[nH]c3c1n2-c1ccccc1. The molecular weight excluding hydrogens is 450 g/mol. The molecule has 1 aliphatic rings. The maximum atomic E-state index is 4.58. The zero-order valence-corrected chi connectivity index (χ0v) is 20.8. The summed E-state index contributed by atoms with van der Waals surface area (Å²) in [6, 6.07) is 37.0. The minimum atomic E-state index is -0.0873. The molecule has 37 heavy (non-hydrogen) atoms. The van der Waals surface area contributed by atoms with Gasteiger partial charge in [-0.1, -0.05) is 80.6 Å². The average Bonchev–Trinajstić information content (AvgIpc) is 3.56. The molecule has 3 heteroatoms. The Labute approximate surface area is 215 Å². The smallest absolute Gasteiger partial charge is 0.0780 e. The summed E-state index contributed by atoms with van der Waals surface area (Å²) in [5.41, 5.74) is 12.2. The molecule has 1 aliphatic carbocycles. The van der Waals surface area contributed by atoms with Gasteiger partial charge in [0.2, 0.25) is 0 Å². The number of fused-ring (bicyclic) bond motifs is 9. The van der Waals surface area contributed by atoms with Gasteiger partial charge in [-0.15, -0.1) is 0 Å². The van der Waals surface area contributed by atoms with Crippen LogP contribution in [-0.2, 0) is 5.41 Å². The second-order valence-electron chi connectivity index (χ2n) is 10.5. The Morgan fingerprint density at radius 3 is 2.35 bits per heavy atom. The first kappa shape index (κ1) is 20.6. The number of aromatic amines is 1. The van der Waals surface area contributed by atoms with Crippen molar-refractivity contribution in [3.05, 3.63) is 120 Å². The van der Waals surface area contributed by atoms with Gasteiger partial charge in [-0.25, -0.2) is 0 Å². The second-order valence-corrected chi connectivity index (χ2v) is 10.5. The first-order valence-corrected chi connectivity index (χ1v) is 12.8. The predicted octanol–water partition coefficient (Wildman–Crippen LogP) is 8.63. The van der Waals surface area contributed by atoms with Crippen molar-refractivity contribution >= 4 is 32.7 Å². The zero-order valence-electron chi connectivity index (χ0n) is 20.8. The normalized spacial score (nSPS) is 13.9. The number of hydrogen-bond acceptors (Lipinski definition) is 1. The van der Waals surface area contributed by atoms with E-state index in [1.54, 1.807) is 0 Å². The average molecular weight is 476 g/mol. The lowest BCUT2D eigenvalue weighted by molar-refractivity contribution is 0.666. The molecule has 176 valence electrons. The fourth-order valence-corrected chi connectivity index (χ4v) is 6.52. The van der Waals surface area contributed by atoms with Crippen molar-refractivity contribution < 1.29 is 0 Å². The molecule has 0 saturated heterocycles. The van der Waals surface area contributed by atoms with Crippen molar-refractivity contribution in [2.45, 2.75) is 19.3 Å². The van der Waals surface area contributed by atoms with Gasteiger partial charge in [0.25, 0.3) is 0 Å². The molecule has 0 saturated carbocycles. The molecule has 0 atom stereocenters. The molecule has 8 rings (SSSR count). The highest BCUT2D eigenvalue weighted by molar-refractivity contribution is 6.19. The van der Waals surface area contributed by atoms with E-state index in [0.29, 0.717) is 0 Å². The monoisotopic (exact) mass is 475 g/mol. The van der Waals surface area contributed by atoms with Crippen LogP contribution in [0.5, 0.6) is 0 Å². The van der Waals surface area contributed by atoms with Crippen LogP contribution < -0.4 is 0 Å². The topological polar surface area (TPSA) is 33.6 Å². The van der Waals surface area contributed by atoms with Crippen LogP contribution in [0.25, 0.3) is 60.9 Å². The van der Waals surface area contributed by atoms with E-state index in [0.717, 1.165) is 16.8 Å². The minimum Gasteiger partial charge on any atom is -0.353 e. The van der Waals surface area contributed by atoms with Crippen molar-refractivity contribution in [2.75, 3.05) is 0 Å². The molecule has 0 aliphatic heterocycles. The van der Waals surface area contributed by atoms with Gasteiger partial charge in [0, 0.05) is 50.1 Å². The maximum Gasteiger partial charge on any atom is 0.0780 e. The molecule has 1 N–H and O–H groups in total. The lowest BCUT2D eigenvalue weighted by atomic mass is 9.81. The van der Waals surface area contributed by atoms with Gasteiger partial charge in [-0.05, 0) is 47.5 Å². The third-order valence-electron chi connectivity index (χ3n) is 8.16. The van der Waals surface area contributed by atoms with Gasteiger partial charge in [0.05, 0.1) is 22.4 Å². The van der Waals surface area contributed by atoms with E-state index in [1.165, 1.54) is 55.3 Å². The first-order valence-electron chi connectivity index (χ1n) is 12.8. The second kappa shape index (κ2) is 7.21. The molecular formula is C34H25N3. The van der Waals surface area contributed by atoms with Crippen LogP contribution in [0.2, 0.25) is 0 Å². The number of nitrogens with one attached hydrogen (secondary N) is 1. The third kappa shape index (κ3) is 2.69. The summed E-state index contributed by atoms with van der Waals surface area (Å²) in [6.45, 7) is 4.72. The molecule has 3 heterocycles. The van der Waals surface area contributed by atoms with Crippen LogP contribution in [0, 0.1) is 0 Å². The maximum absolute atomic E-state index is 4.58. The Bertz CT molecular complexity index is 1990. The Hall–Kier alpha value is -4.63. The zero-order chi connectivity index (χ0) is 24.7. The van der Waals surface area contributed by atoms with Gasteiger partial charge in [-0.2, -0.15) is 0 Å². The highest BCUT2D eigenvalue weighted by atomic mass is 15.0. The summed E-state index contributed by atoms with van der Waals surface area (Å²) < 4.78 is 2.48. The first-order chi connectivity index (χ1) is 18.1. The lowest BCUT2D eigenvalue weighted by Crippen LogP contribution is -2.14. The molecule has 4 aromatic carbocycles. The molecule has 7 aromatic rings. The molecule has 3 nitrogen and oxygen atoms in total. The van der Waals surface area contributed by atoms with E-state index in [-0.39, 0.29) is 5.41 Å². The fourth-order valence-electron chi connectivity index (χ4n) is 6.52. The standard InChI is InChI=1S/C34H25N3/c1-34(2)27-13-7-6-12-24(27)32-30(34)25-17-16-23-26-20-21(28-14-8-9-19-35-28)15-18-29(26)36-31(23)33(25)37(32)22-10-4-3-5-11-22/h3-20,36H,1-2H3. The summed E-state index contributed by atoms with van der Waals surface area (Å²) in [4.78, 5) is 8.39. The summed E-state index contributed by atoms with van der Waals surface area (Å²) >= 11 is 0. The number of benzene rings is 4. The van der Waals surface area contributed by atoms with Crippen LogP contribution in [0.4, 0.5) is 0 Å². The van der Waals surface area contributed by atoms with Crippen molar-refractivity contribution in [3.8, 4) is 28.2 Å². The predicted molar refractivity (Wildman–Crippen MR) is 153 cm³/mol. The molecule has 0 fully saturated rings. The molecule has 0 amide bonds. The summed E-state index contributed by atoms with van der Waals surface area (Å²) in [5.74, 6) is 0. The van der Waals surface area contributed by atoms with Crippen molar-refractivity contribution in [1.82, 2.24) is 14.5 Å². The highest BCUT2D eigenvalue weighted by Gasteiger charge is 2.40. The molecule has 0 bridgehead atoms. The Balaban J connectivity index is 1.52. The quantitative estimate of drug-likeness (QED) is 0.267. The van der Waals surface area contributed by atoms with E-state index < -0.39 is 0 Å². The highest BCUT2D eigenvalue weighted by Crippen LogP contribution is 2.54. The van der Waals surface area contributed by atoms with E-state index in [1.807, 2.05) is 18.3 Å². The van der Waals surface area contributed by atoms with Crippen molar-refractivity contribution in [2.24, 2.45) is 0 Å². The summed E-state index contributed by atoms with van der Waals surface area (Å²) in [7, 11) is 0. The van der Waals surface area contributed by atoms with Crippen LogP contribution in [0.15, 0.2) is 109 Å². The number of nitrogens with zero attached hydrogens (tertiary/aromatic N) is 2. The van der Waals surface area contributed by atoms with Crippen LogP contribution in [0.1, 0.15) is 25.0 Å². The van der Waals surface area contributed by atoms with E-state index in [9.17, 15) is 0 Å². The Kier molecular flexibility index (Phi) is 4.00. The van der Waals surface area contributed by atoms with Gasteiger partial charge in [0.1, 0.15) is 0 Å². The van der Waals surface area contributed by atoms with Crippen LogP contribution >= 0.6 is 0 Å². The van der Waals surface area contributed by atoms with Crippen molar-refractivity contribution in [3.63, 3.8) is 0 Å². The van der Waals surface area contributed by atoms with Crippen LogP contribution in [-0.4, -0.2) is 14.5 Å². The van der Waals surface area contributed by atoms with Gasteiger partial charge < -0.3 is 9.55 Å². The van der Waals surface area contributed by atoms with Crippen LogP contribution in [0.3, 0.4) is 0 Å². The minimum absolute atomic E-state index is 0.0873. The number of para-hydroxylation sites is 1. The number of pyridine rings is 1. The van der Waals surface area contributed by atoms with Crippen molar-refractivity contribution in [1.29, 1.82) is 0 Å². The van der Waals surface area contributed by atoms with E-state index in [2.05, 4.69) is 119 Å². The van der Waals surface area contributed by atoms with Gasteiger partial charge in [-0.3, -0.25) is 4.98 Å². The van der Waals surface area contributed by atoms with E-state index >= 15 is 0 Å². The summed E-state index contributed by atoms with van der Waals surface area (Å²) in [5, 5.41) is 3.77. The Morgan fingerprint density at radius 2 is 1.51 bits per heavy atom. The Morgan fingerprint density at radius 1 is 0.730 bits per heavy atom. The van der Waals surface area contributed by atoms with Gasteiger partial charge >= 0.3 is 0 Å².